The number of fused-ring (bicyclic) bond motifs is 2. The zero-order valence-corrected chi connectivity index (χ0v) is 13.5. The first kappa shape index (κ1) is 16.3. The van der Waals surface area contributed by atoms with Gasteiger partial charge in [0.1, 0.15) is 13.2 Å². The summed E-state index contributed by atoms with van der Waals surface area (Å²) in [6, 6.07) is 5.35. The molecule has 7 heteroatoms. The molecule has 2 aromatic rings. The highest BCUT2D eigenvalue weighted by molar-refractivity contribution is 5.83. The van der Waals surface area contributed by atoms with Gasteiger partial charge in [-0.3, -0.25) is 9.59 Å². The number of rotatable bonds is 5. The molecule has 1 aliphatic heterocycles. The SMILES string of the molecule is CC(=O)N(CCCO)Cc1cc2cc3c(cc2[nH]c1=O)OCCO3. The van der Waals surface area contributed by atoms with Gasteiger partial charge in [-0.05, 0) is 18.6 Å². The molecule has 24 heavy (non-hydrogen) atoms. The summed E-state index contributed by atoms with van der Waals surface area (Å²) in [4.78, 5) is 28.4. The molecule has 2 N–H and O–H groups in total. The lowest BCUT2D eigenvalue weighted by Crippen LogP contribution is -2.32. The van der Waals surface area contributed by atoms with Gasteiger partial charge < -0.3 is 24.5 Å². The first-order valence-corrected chi connectivity index (χ1v) is 7.90. The lowest BCUT2D eigenvalue weighted by Gasteiger charge is -2.21. The van der Waals surface area contributed by atoms with Crippen LogP contribution in [0.2, 0.25) is 0 Å². The predicted molar refractivity (Wildman–Crippen MR) is 88.4 cm³/mol. The number of amides is 1. The highest BCUT2D eigenvalue weighted by atomic mass is 16.6. The molecule has 0 fully saturated rings. The van der Waals surface area contributed by atoms with Crippen molar-refractivity contribution in [3.8, 4) is 11.5 Å². The number of aliphatic hydroxyl groups is 1. The quantitative estimate of drug-likeness (QED) is 0.853. The Balaban J connectivity index is 1.94. The van der Waals surface area contributed by atoms with Gasteiger partial charge in [0.05, 0.1) is 12.1 Å². The predicted octanol–water partition coefficient (Wildman–Crippen LogP) is 1.03. The molecule has 7 nitrogen and oxygen atoms in total. The molecule has 0 spiro atoms. The lowest BCUT2D eigenvalue weighted by atomic mass is 10.1. The fraction of sp³-hybridized carbons (Fsp3) is 0.412. The summed E-state index contributed by atoms with van der Waals surface area (Å²) in [7, 11) is 0. The number of nitrogens with zero attached hydrogens (tertiary/aromatic N) is 1. The van der Waals surface area contributed by atoms with Crippen LogP contribution in [0.4, 0.5) is 0 Å². The number of aromatic nitrogens is 1. The third kappa shape index (κ3) is 3.35. The Morgan fingerprint density at radius 3 is 2.62 bits per heavy atom. The fourth-order valence-electron chi connectivity index (χ4n) is 2.72. The van der Waals surface area contributed by atoms with Gasteiger partial charge in [0.2, 0.25) is 5.91 Å². The van der Waals surface area contributed by atoms with Crippen molar-refractivity contribution in [2.24, 2.45) is 0 Å². The summed E-state index contributed by atoms with van der Waals surface area (Å²) < 4.78 is 11.1. The van der Waals surface area contributed by atoms with Crippen molar-refractivity contribution >= 4 is 16.8 Å². The van der Waals surface area contributed by atoms with Crippen LogP contribution >= 0.6 is 0 Å². The molecule has 2 heterocycles. The number of H-pyrrole nitrogens is 1. The van der Waals surface area contributed by atoms with Crippen LogP contribution in [-0.2, 0) is 11.3 Å². The molecule has 1 aliphatic rings. The molecule has 0 bridgehead atoms. The molecule has 1 aromatic heterocycles. The first-order valence-electron chi connectivity index (χ1n) is 7.90. The maximum atomic E-state index is 12.3. The summed E-state index contributed by atoms with van der Waals surface area (Å²) in [5, 5.41) is 9.76. The molecular weight excluding hydrogens is 312 g/mol. The van der Waals surface area contributed by atoms with Crippen LogP contribution in [0.15, 0.2) is 23.0 Å². The maximum Gasteiger partial charge on any atom is 0.253 e. The number of pyridine rings is 1. The summed E-state index contributed by atoms with van der Waals surface area (Å²) in [5.74, 6) is 1.13. The average molecular weight is 332 g/mol. The average Bonchev–Trinajstić information content (AvgIpc) is 2.57. The van der Waals surface area contributed by atoms with E-state index in [1.54, 1.807) is 17.0 Å². The van der Waals surface area contributed by atoms with Crippen molar-refractivity contribution in [1.29, 1.82) is 0 Å². The lowest BCUT2D eigenvalue weighted by molar-refractivity contribution is -0.129. The summed E-state index contributed by atoms with van der Waals surface area (Å²) in [5.41, 5.74) is 0.916. The summed E-state index contributed by atoms with van der Waals surface area (Å²) >= 11 is 0. The molecule has 0 radical (unpaired) electrons. The van der Waals surface area contributed by atoms with Gasteiger partial charge in [-0.25, -0.2) is 0 Å². The van der Waals surface area contributed by atoms with Crippen molar-refractivity contribution in [3.05, 3.63) is 34.1 Å². The molecule has 0 atom stereocenters. The number of benzene rings is 1. The van der Waals surface area contributed by atoms with E-state index in [2.05, 4.69) is 4.98 Å². The van der Waals surface area contributed by atoms with Crippen LogP contribution < -0.4 is 15.0 Å². The zero-order valence-electron chi connectivity index (χ0n) is 13.5. The monoisotopic (exact) mass is 332 g/mol. The van der Waals surface area contributed by atoms with Crippen LogP contribution in [0.1, 0.15) is 18.9 Å². The Morgan fingerprint density at radius 2 is 1.96 bits per heavy atom. The fourth-order valence-corrected chi connectivity index (χ4v) is 2.72. The Labute approximate surface area is 138 Å². The number of aliphatic hydroxyl groups excluding tert-OH is 1. The number of hydrogen-bond acceptors (Lipinski definition) is 5. The molecule has 0 saturated carbocycles. The number of carbonyl (C=O) groups is 1. The van der Waals surface area contributed by atoms with Gasteiger partial charge in [0, 0.05) is 37.1 Å². The van der Waals surface area contributed by atoms with Gasteiger partial charge >= 0.3 is 0 Å². The number of aromatic amines is 1. The van der Waals surface area contributed by atoms with E-state index in [-0.39, 0.29) is 24.6 Å². The molecular formula is C17H20N2O5. The van der Waals surface area contributed by atoms with E-state index in [4.69, 9.17) is 14.6 Å². The van der Waals surface area contributed by atoms with Crippen LogP contribution in [0.25, 0.3) is 10.9 Å². The molecule has 0 unspecified atom stereocenters. The molecule has 0 saturated heterocycles. The number of ether oxygens (including phenoxy) is 2. The second-order valence-corrected chi connectivity index (χ2v) is 5.72. The van der Waals surface area contributed by atoms with Crippen molar-refractivity contribution in [1.82, 2.24) is 9.88 Å². The minimum Gasteiger partial charge on any atom is -0.486 e. The maximum absolute atomic E-state index is 12.3. The Morgan fingerprint density at radius 1 is 1.25 bits per heavy atom. The summed E-state index contributed by atoms with van der Waals surface area (Å²) in [6.45, 7) is 3.04. The Hall–Kier alpha value is -2.54. The number of carbonyl (C=O) groups excluding carboxylic acids is 1. The second-order valence-electron chi connectivity index (χ2n) is 5.72. The number of nitrogens with one attached hydrogen (secondary N) is 1. The van der Waals surface area contributed by atoms with Crippen molar-refractivity contribution < 1.29 is 19.4 Å². The summed E-state index contributed by atoms with van der Waals surface area (Å²) in [6.07, 6.45) is 0.476. The highest BCUT2D eigenvalue weighted by Gasteiger charge is 2.16. The molecule has 3 rings (SSSR count). The van der Waals surface area contributed by atoms with Crippen molar-refractivity contribution in [3.63, 3.8) is 0 Å². The molecule has 1 amide bonds. The molecule has 1 aromatic carbocycles. The third-order valence-corrected chi connectivity index (χ3v) is 3.98. The van der Waals surface area contributed by atoms with Crippen LogP contribution in [0.3, 0.4) is 0 Å². The van der Waals surface area contributed by atoms with Crippen LogP contribution in [0, 0.1) is 0 Å². The first-order chi connectivity index (χ1) is 11.6. The van der Waals surface area contributed by atoms with E-state index in [0.29, 0.717) is 48.8 Å². The molecule has 128 valence electrons. The van der Waals surface area contributed by atoms with Crippen LogP contribution in [-0.4, -0.2) is 47.3 Å². The topological polar surface area (TPSA) is 91.9 Å². The van der Waals surface area contributed by atoms with Gasteiger partial charge in [-0.15, -0.1) is 0 Å². The normalized spacial score (nSPS) is 13.1. The Kier molecular flexibility index (Phi) is 4.71. The van der Waals surface area contributed by atoms with E-state index < -0.39 is 0 Å². The molecule has 0 aliphatic carbocycles. The van der Waals surface area contributed by atoms with E-state index in [1.807, 2.05) is 6.07 Å². The van der Waals surface area contributed by atoms with Gasteiger partial charge in [0.15, 0.2) is 11.5 Å². The van der Waals surface area contributed by atoms with Gasteiger partial charge in [-0.1, -0.05) is 0 Å². The van der Waals surface area contributed by atoms with Gasteiger partial charge in [-0.2, -0.15) is 0 Å². The largest absolute Gasteiger partial charge is 0.486 e. The Bertz CT molecular complexity index is 814. The van der Waals surface area contributed by atoms with E-state index >= 15 is 0 Å². The standard InChI is InChI=1S/C17H20N2O5/c1-11(21)19(3-2-4-20)10-13-7-12-8-15-16(24-6-5-23-15)9-14(12)18-17(13)22/h7-9,20H,2-6,10H2,1H3,(H,18,22). The zero-order chi connectivity index (χ0) is 17.1. The number of hydrogen-bond donors (Lipinski definition) is 2. The smallest absolute Gasteiger partial charge is 0.253 e. The van der Waals surface area contributed by atoms with Gasteiger partial charge in [0.25, 0.3) is 5.56 Å². The highest BCUT2D eigenvalue weighted by Crippen LogP contribution is 2.33. The van der Waals surface area contributed by atoms with Crippen molar-refractivity contribution in [2.45, 2.75) is 19.9 Å². The second kappa shape index (κ2) is 6.92. The van der Waals surface area contributed by atoms with E-state index in [9.17, 15) is 9.59 Å². The van der Waals surface area contributed by atoms with E-state index in [1.165, 1.54) is 6.92 Å². The van der Waals surface area contributed by atoms with E-state index in [0.717, 1.165) is 5.39 Å². The minimum absolute atomic E-state index is 0.00132. The van der Waals surface area contributed by atoms with Crippen LogP contribution in [0.5, 0.6) is 11.5 Å². The van der Waals surface area contributed by atoms with Crippen molar-refractivity contribution in [2.75, 3.05) is 26.4 Å². The minimum atomic E-state index is -0.241. The third-order valence-electron chi connectivity index (χ3n) is 3.98.